The van der Waals surface area contributed by atoms with Gasteiger partial charge in [-0.1, -0.05) is 0 Å². The van der Waals surface area contributed by atoms with E-state index in [1.165, 1.54) is 12.1 Å². The Morgan fingerprint density at radius 1 is 1.20 bits per heavy atom. The maximum atomic E-state index is 12.1. The van der Waals surface area contributed by atoms with Crippen molar-refractivity contribution >= 4 is 5.69 Å². The number of ether oxygens (including phenoxy) is 1. The highest BCUT2D eigenvalue weighted by atomic mass is 19.4. The number of nitrogens with one attached hydrogen (secondary N) is 1. The molecule has 1 rings (SSSR count). The minimum Gasteiger partial charge on any atom is -0.481 e. The molecule has 0 heterocycles. The molecule has 0 radical (unpaired) electrons. The van der Waals surface area contributed by atoms with Crippen molar-refractivity contribution in [3.8, 4) is 5.75 Å². The molecule has 1 aromatic rings. The molecule has 0 bridgehead atoms. The minimum absolute atomic E-state index is 0.207. The standard InChI is InChI=1S/C10H12F3NO/c1-7(10(11,12)13)15-9-5-3-8(14-2)4-6-9/h3-7,14H,1-2H3/t7-/m1/s1. The Balaban J connectivity index is 2.65. The van der Waals surface area contributed by atoms with E-state index in [1.54, 1.807) is 19.2 Å². The van der Waals surface area contributed by atoms with Crippen LogP contribution < -0.4 is 10.1 Å². The van der Waals surface area contributed by atoms with E-state index in [1.807, 2.05) is 0 Å². The molecule has 2 nitrogen and oxygen atoms in total. The van der Waals surface area contributed by atoms with E-state index >= 15 is 0 Å². The average Bonchev–Trinajstić information content (AvgIpc) is 2.17. The Bertz CT molecular complexity index is 307. The Morgan fingerprint density at radius 2 is 1.73 bits per heavy atom. The minimum atomic E-state index is -4.33. The first-order valence-electron chi connectivity index (χ1n) is 4.44. The highest BCUT2D eigenvalue weighted by molar-refractivity contribution is 5.45. The Hall–Kier alpha value is -1.39. The van der Waals surface area contributed by atoms with Gasteiger partial charge in [-0.15, -0.1) is 0 Å². The van der Waals surface area contributed by atoms with Crippen LogP contribution in [0.5, 0.6) is 5.75 Å². The second-order valence-electron chi connectivity index (χ2n) is 3.08. The van der Waals surface area contributed by atoms with Crippen LogP contribution in [0.3, 0.4) is 0 Å². The summed E-state index contributed by atoms with van der Waals surface area (Å²) < 4.78 is 41.2. The van der Waals surface area contributed by atoms with Gasteiger partial charge >= 0.3 is 6.18 Å². The Morgan fingerprint density at radius 3 is 2.13 bits per heavy atom. The lowest BCUT2D eigenvalue weighted by Gasteiger charge is -2.17. The van der Waals surface area contributed by atoms with Crippen molar-refractivity contribution in [1.82, 2.24) is 0 Å². The molecule has 84 valence electrons. The molecule has 1 N–H and O–H groups in total. The molecule has 0 aliphatic carbocycles. The zero-order chi connectivity index (χ0) is 11.5. The van der Waals surface area contributed by atoms with Crippen molar-refractivity contribution in [2.45, 2.75) is 19.2 Å². The SMILES string of the molecule is CNc1ccc(O[C@H](C)C(F)(F)F)cc1. The maximum absolute atomic E-state index is 12.1. The highest BCUT2D eigenvalue weighted by Gasteiger charge is 2.37. The van der Waals surface area contributed by atoms with Crippen LogP contribution in [-0.2, 0) is 0 Å². The van der Waals surface area contributed by atoms with Gasteiger partial charge in [0.15, 0.2) is 6.10 Å². The lowest BCUT2D eigenvalue weighted by Crippen LogP contribution is -2.31. The van der Waals surface area contributed by atoms with Crippen LogP contribution >= 0.6 is 0 Å². The lowest BCUT2D eigenvalue weighted by atomic mass is 10.3. The van der Waals surface area contributed by atoms with Crippen LogP contribution in [-0.4, -0.2) is 19.3 Å². The van der Waals surface area contributed by atoms with Gasteiger partial charge in [-0.25, -0.2) is 0 Å². The molecule has 0 unspecified atom stereocenters. The van der Waals surface area contributed by atoms with Crippen molar-refractivity contribution < 1.29 is 17.9 Å². The largest absolute Gasteiger partial charge is 0.481 e. The van der Waals surface area contributed by atoms with Gasteiger partial charge in [-0.2, -0.15) is 13.2 Å². The molecule has 0 aliphatic heterocycles. The van der Waals surface area contributed by atoms with E-state index in [4.69, 9.17) is 4.74 Å². The molecule has 0 amide bonds. The third-order valence-corrected chi connectivity index (χ3v) is 1.92. The smallest absolute Gasteiger partial charge is 0.425 e. The van der Waals surface area contributed by atoms with Gasteiger partial charge in [0.25, 0.3) is 0 Å². The predicted octanol–water partition coefficient (Wildman–Crippen LogP) is 3.06. The average molecular weight is 219 g/mol. The monoisotopic (exact) mass is 219 g/mol. The van der Waals surface area contributed by atoms with Gasteiger partial charge < -0.3 is 10.1 Å². The number of alkyl halides is 3. The number of benzene rings is 1. The molecule has 1 atom stereocenters. The zero-order valence-corrected chi connectivity index (χ0v) is 8.43. The zero-order valence-electron chi connectivity index (χ0n) is 8.43. The summed E-state index contributed by atoms with van der Waals surface area (Å²) in [5.74, 6) is 0.207. The number of halogens is 3. The van der Waals surface area contributed by atoms with E-state index in [-0.39, 0.29) is 5.75 Å². The molecule has 0 aliphatic rings. The molecule has 5 heteroatoms. The van der Waals surface area contributed by atoms with Crippen molar-refractivity contribution in [1.29, 1.82) is 0 Å². The van der Waals surface area contributed by atoms with E-state index < -0.39 is 12.3 Å². The summed E-state index contributed by atoms with van der Waals surface area (Å²) in [6.07, 6.45) is -6.13. The van der Waals surface area contributed by atoms with Gasteiger partial charge in [0.1, 0.15) is 5.75 Å². The van der Waals surface area contributed by atoms with Crippen LogP contribution in [0, 0.1) is 0 Å². The highest BCUT2D eigenvalue weighted by Crippen LogP contribution is 2.25. The molecule has 15 heavy (non-hydrogen) atoms. The van der Waals surface area contributed by atoms with E-state index in [0.717, 1.165) is 12.6 Å². The van der Waals surface area contributed by atoms with E-state index in [9.17, 15) is 13.2 Å². The fourth-order valence-corrected chi connectivity index (χ4v) is 0.971. The maximum Gasteiger partial charge on any atom is 0.425 e. The quantitative estimate of drug-likeness (QED) is 0.843. The number of hydrogen-bond acceptors (Lipinski definition) is 2. The van der Waals surface area contributed by atoms with Crippen molar-refractivity contribution in [3.63, 3.8) is 0 Å². The topological polar surface area (TPSA) is 21.3 Å². The first-order valence-corrected chi connectivity index (χ1v) is 4.44. The van der Waals surface area contributed by atoms with Crippen molar-refractivity contribution in [2.75, 3.05) is 12.4 Å². The molecule has 0 fully saturated rings. The first-order chi connectivity index (χ1) is 6.93. The van der Waals surface area contributed by atoms with Gasteiger partial charge in [-0.05, 0) is 31.2 Å². The second kappa shape index (κ2) is 4.42. The van der Waals surface area contributed by atoms with E-state index in [2.05, 4.69) is 5.32 Å². The van der Waals surface area contributed by atoms with Gasteiger partial charge in [0.05, 0.1) is 0 Å². The van der Waals surface area contributed by atoms with Crippen LogP contribution in [0.4, 0.5) is 18.9 Å². The van der Waals surface area contributed by atoms with Crippen LogP contribution in [0.15, 0.2) is 24.3 Å². The summed E-state index contributed by atoms with van der Waals surface area (Å²) in [6, 6.07) is 6.29. The normalized spacial score (nSPS) is 13.4. The molecular formula is C10H12F3NO. The van der Waals surface area contributed by atoms with Crippen molar-refractivity contribution in [2.24, 2.45) is 0 Å². The number of hydrogen-bond donors (Lipinski definition) is 1. The molecule has 0 aromatic heterocycles. The van der Waals surface area contributed by atoms with Crippen LogP contribution in [0.25, 0.3) is 0 Å². The summed E-state index contributed by atoms with van der Waals surface area (Å²) in [7, 11) is 1.73. The third kappa shape index (κ3) is 3.34. The fraction of sp³-hybridized carbons (Fsp3) is 0.400. The van der Waals surface area contributed by atoms with Gasteiger partial charge in [0.2, 0.25) is 0 Å². The van der Waals surface area contributed by atoms with Crippen LogP contribution in [0.2, 0.25) is 0 Å². The molecular weight excluding hydrogens is 207 g/mol. The summed E-state index contributed by atoms with van der Waals surface area (Å²) in [5, 5.41) is 2.86. The predicted molar refractivity (Wildman–Crippen MR) is 52.1 cm³/mol. The number of anilines is 1. The summed E-state index contributed by atoms with van der Waals surface area (Å²) in [5.41, 5.74) is 0.821. The second-order valence-corrected chi connectivity index (χ2v) is 3.08. The van der Waals surface area contributed by atoms with Gasteiger partial charge in [-0.3, -0.25) is 0 Å². The fourth-order valence-electron chi connectivity index (χ4n) is 0.971. The molecule has 1 aromatic carbocycles. The Labute approximate surface area is 86.1 Å². The molecule has 0 spiro atoms. The molecule has 0 saturated heterocycles. The van der Waals surface area contributed by atoms with E-state index in [0.29, 0.717) is 0 Å². The number of rotatable bonds is 3. The Kier molecular flexibility index (Phi) is 3.44. The molecule has 0 saturated carbocycles. The first kappa shape index (κ1) is 11.7. The van der Waals surface area contributed by atoms with Crippen molar-refractivity contribution in [3.05, 3.63) is 24.3 Å². The van der Waals surface area contributed by atoms with Gasteiger partial charge in [0, 0.05) is 12.7 Å². The van der Waals surface area contributed by atoms with Crippen LogP contribution in [0.1, 0.15) is 6.92 Å². The summed E-state index contributed by atoms with van der Waals surface area (Å²) >= 11 is 0. The summed E-state index contributed by atoms with van der Waals surface area (Å²) in [6.45, 7) is 0.978. The summed E-state index contributed by atoms with van der Waals surface area (Å²) in [4.78, 5) is 0. The third-order valence-electron chi connectivity index (χ3n) is 1.92. The lowest BCUT2D eigenvalue weighted by molar-refractivity contribution is -0.189.